The number of nitrogens with one attached hydrogen (secondary N) is 1. The van der Waals surface area contributed by atoms with E-state index in [4.69, 9.17) is 4.74 Å². The van der Waals surface area contributed by atoms with Crippen LogP contribution in [0.2, 0.25) is 0 Å². The molecule has 0 saturated carbocycles. The molecule has 2 aromatic rings. The van der Waals surface area contributed by atoms with Crippen molar-refractivity contribution in [2.24, 2.45) is 0 Å². The van der Waals surface area contributed by atoms with Gasteiger partial charge in [0.2, 0.25) is 0 Å². The Bertz CT molecular complexity index is 767. The second kappa shape index (κ2) is 7.73. The van der Waals surface area contributed by atoms with Gasteiger partial charge in [-0.05, 0) is 86.9 Å². The fourth-order valence-corrected chi connectivity index (χ4v) is 3.49. The number of ether oxygens (including phenoxy) is 1. The molecule has 1 amide bonds. The van der Waals surface area contributed by atoms with E-state index in [9.17, 15) is 4.79 Å². The van der Waals surface area contributed by atoms with Gasteiger partial charge in [-0.3, -0.25) is 4.79 Å². The first-order valence-electron chi connectivity index (χ1n) is 9.24. The summed E-state index contributed by atoms with van der Waals surface area (Å²) < 4.78 is 5.54. The van der Waals surface area contributed by atoms with Gasteiger partial charge in [-0.1, -0.05) is 18.2 Å². The summed E-state index contributed by atoms with van der Waals surface area (Å²) in [6.45, 7) is 6.60. The number of carbonyl (C=O) groups excluding carboxylic acids is 1. The first-order valence-corrected chi connectivity index (χ1v) is 9.24. The average Bonchev–Trinajstić information content (AvgIpc) is 2.63. The number of fused-ring (bicyclic) bond motifs is 1. The predicted molar refractivity (Wildman–Crippen MR) is 101 cm³/mol. The number of carbonyl (C=O) groups is 1. The van der Waals surface area contributed by atoms with E-state index in [2.05, 4.69) is 23.5 Å². The minimum atomic E-state index is -0.0450. The Kier molecular flexibility index (Phi) is 5.42. The van der Waals surface area contributed by atoms with Crippen molar-refractivity contribution in [1.29, 1.82) is 0 Å². The van der Waals surface area contributed by atoms with E-state index in [1.54, 1.807) is 0 Å². The van der Waals surface area contributed by atoms with Crippen molar-refractivity contribution in [1.82, 2.24) is 5.32 Å². The summed E-state index contributed by atoms with van der Waals surface area (Å²) in [6, 6.07) is 12.2. The third kappa shape index (κ3) is 4.04. The maximum Gasteiger partial charge on any atom is 0.251 e. The monoisotopic (exact) mass is 337 g/mol. The number of benzene rings is 2. The summed E-state index contributed by atoms with van der Waals surface area (Å²) in [5, 5.41) is 3.12. The maximum absolute atomic E-state index is 12.6. The van der Waals surface area contributed by atoms with Crippen molar-refractivity contribution in [3.8, 4) is 5.75 Å². The molecule has 1 N–H and O–H groups in total. The standard InChI is InChI=1S/C22H27NO2/c1-4-25-21-12-11-20(13-15(21)2)22(24)23-16(3)18-10-9-17-7-5-6-8-19(17)14-18/h9-14,16H,4-8H2,1-3H3,(H,23,24)/t16-/m0/s1. The van der Waals surface area contributed by atoms with Gasteiger partial charge in [0, 0.05) is 5.56 Å². The number of aryl methyl sites for hydroxylation is 3. The summed E-state index contributed by atoms with van der Waals surface area (Å²) in [7, 11) is 0. The van der Waals surface area contributed by atoms with Crippen LogP contribution in [0.25, 0.3) is 0 Å². The Hall–Kier alpha value is -2.29. The van der Waals surface area contributed by atoms with Gasteiger partial charge >= 0.3 is 0 Å². The molecule has 0 fully saturated rings. The van der Waals surface area contributed by atoms with E-state index in [1.165, 1.54) is 36.0 Å². The lowest BCUT2D eigenvalue weighted by atomic mass is 9.89. The Morgan fingerprint density at radius 3 is 2.60 bits per heavy atom. The lowest BCUT2D eigenvalue weighted by molar-refractivity contribution is 0.0939. The van der Waals surface area contributed by atoms with E-state index in [0.717, 1.165) is 17.7 Å². The topological polar surface area (TPSA) is 38.3 Å². The largest absolute Gasteiger partial charge is 0.494 e. The lowest BCUT2D eigenvalue weighted by Crippen LogP contribution is -2.27. The van der Waals surface area contributed by atoms with Gasteiger partial charge in [-0.2, -0.15) is 0 Å². The third-order valence-electron chi connectivity index (χ3n) is 4.96. The van der Waals surface area contributed by atoms with Crippen molar-refractivity contribution >= 4 is 5.91 Å². The molecular weight excluding hydrogens is 310 g/mol. The molecule has 1 atom stereocenters. The molecule has 1 aliphatic rings. The van der Waals surface area contributed by atoms with Crippen LogP contribution in [0.5, 0.6) is 5.75 Å². The van der Waals surface area contributed by atoms with Crippen LogP contribution in [0.4, 0.5) is 0 Å². The molecule has 0 unspecified atom stereocenters. The number of hydrogen-bond acceptors (Lipinski definition) is 2. The van der Waals surface area contributed by atoms with Crippen LogP contribution in [-0.2, 0) is 12.8 Å². The van der Waals surface area contributed by atoms with E-state index in [-0.39, 0.29) is 11.9 Å². The zero-order chi connectivity index (χ0) is 17.8. The smallest absolute Gasteiger partial charge is 0.251 e. The molecule has 0 spiro atoms. The van der Waals surface area contributed by atoms with Crippen molar-refractivity contribution in [2.45, 2.75) is 52.5 Å². The second-order valence-corrected chi connectivity index (χ2v) is 6.84. The van der Waals surface area contributed by atoms with Crippen LogP contribution in [0.3, 0.4) is 0 Å². The van der Waals surface area contributed by atoms with E-state index >= 15 is 0 Å². The van der Waals surface area contributed by atoms with Crippen molar-refractivity contribution in [3.05, 3.63) is 64.2 Å². The molecule has 0 bridgehead atoms. The zero-order valence-corrected chi connectivity index (χ0v) is 15.4. The van der Waals surface area contributed by atoms with Gasteiger partial charge in [0.1, 0.15) is 5.75 Å². The number of hydrogen-bond donors (Lipinski definition) is 1. The highest BCUT2D eigenvalue weighted by molar-refractivity contribution is 5.94. The highest BCUT2D eigenvalue weighted by Gasteiger charge is 2.15. The molecule has 0 heterocycles. The average molecular weight is 337 g/mol. The van der Waals surface area contributed by atoms with Crippen LogP contribution in [0, 0.1) is 6.92 Å². The Balaban J connectivity index is 1.71. The molecule has 0 radical (unpaired) electrons. The van der Waals surface area contributed by atoms with Crippen LogP contribution in [0.1, 0.15) is 65.3 Å². The zero-order valence-electron chi connectivity index (χ0n) is 15.4. The fraction of sp³-hybridized carbons (Fsp3) is 0.409. The molecule has 0 aliphatic heterocycles. The molecule has 0 aromatic heterocycles. The van der Waals surface area contributed by atoms with Crippen LogP contribution >= 0.6 is 0 Å². The van der Waals surface area contributed by atoms with Crippen LogP contribution in [-0.4, -0.2) is 12.5 Å². The first-order chi connectivity index (χ1) is 12.1. The molecule has 3 rings (SSSR count). The van der Waals surface area contributed by atoms with E-state index in [1.807, 2.05) is 39.0 Å². The van der Waals surface area contributed by atoms with Gasteiger partial charge in [0.05, 0.1) is 12.6 Å². The molecule has 3 heteroatoms. The highest BCUT2D eigenvalue weighted by atomic mass is 16.5. The summed E-state index contributed by atoms with van der Waals surface area (Å²) >= 11 is 0. The second-order valence-electron chi connectivity index (χ2n) is 6.84. The van der Waals surface area contributed by atoms with E-state index < -0.39 is 0 Å². The molecule has 25 heavy (non-hydrogen) atoms. The van der Waals surface area contributed by atoms with Gasteiger partial charge in [-0.15, -0.1) is 0 Å². The van der Waals surface area contributed by atoms with Crippen LogP contribution < -0.4 is 10.1 Å². The fourth-order valence-electron chi connectivity index (χ4n) is 3.49. The highest BCUT2D eigenvalue weighted by Crippen LogP contribution is 2.25. The Labute approximate surface area is 150 Å². The van der Waals surface area contributed by atoms with Gasteiger partial charge in [0.25, 0.3) is 5.91 Å². The van der Waals surface area contributed by atoms with Crippen LogP contribution in [0.15, 0.2) is 36.4 Å². The minimum Gasteiger partial charge on any atom is -0.494 e. The van der Waals surface area contributed by atoms with E-state index in [0.29, 0.717) is 12.2 Å². The Morgan fingerprint density at radius 2 is 1.88 bits per heavy atom. The quantitative estimate of drug-likeness (QED) is 0.854. The third-order valence-corrected chi connectivity index (χ3v) is 4.96. The molecule has 3 nitrogen and oxygen atoms in total. The van der Waals surface area contributed by atoms with Gasteiger partial charge in [0.15, 0.2) is 0 Å². The lowest BCUT2D eigenvalue weighted by Gasteiger charge is -2.20. The summed E-state index contributed by atoms with van der Waals surface area (Å²) in [5.41, 5.74) is 5.75. The van der Waals surface area contributed by atoms with Gasteiger partial charge in [-0.25, -0.2) is 0 Å². The normalized spacial score (nSPS) is 14.5. The molecule has 1 aliphatic carbocycles. The Morgan fingerprint density at radius 1 is 1.12 bits per heavy atom. The molecular formula is C22H27NO2. The molecule has 2 aromatic carbocycles. The minimum absolute atomic E-state index is 0.00778. The SMILES string of the molecule is CCOc1ccc(C(=O)N[C@@H](C)c2ccc3c(c2)CCCC3)cc1C. The van der Waals surface area contributed by atoms with Crippen molar-refractivity contribution in [3.63, 3.8) is 0 Å². The summed E-state index contributed by atoms with van der Waals surface area (Å²) in [6.07, 6.45) is 4.89. The molecule has 132 valence electrons. The molecule has 0 saturated heterocycles. The summed E-state index contributed by atoms with van der Waals surface area (Å²) in [5.74, 6) is 0.790. The number of amides is 1. The summed E-state index contributed by atoms with van der Waals surface area (Å²) in [4.78, 5) is 12.6. The maximum atomic E-state index is 12.6. The first kappa shape index (κ1) is 17.5. The van der Waals surface area contributed by atoms with Crippen molar-refractivity contribution in [2.75, 3.05) is 6.61 Å². The van der Waals surface area contributed by atoms with Crippen molar-refractivity contribution < 1.29 is 9.53 Å². The van der Waals surface area contributed by atoms with Gasteiger partial charge < -0.3 is 10.1 Å². The predicted octanol–water partition coefficient (Wildman–Crippen LogP) is 4.76. The number of rotatable bonds is 5.